The number of aliphatic hydroxyl groups excluding tert-OH is 2. The van der Waals surface area contributed by atoms with Crippen LogP contribution in [0.3, 0.4) is 0 Å². The number of rotatable bonds is 8. The lowest BCUT2D eigenvalue weighted by atomic mass is 9.74. The summed E-state index contributed by atoms with van der Waals surface area (Å²) in [6.45, 7) is 3.07. The number of phenols is 1. The van der Waals surface area contributed by atoms with Gasteiger partial charge in [-0.15, -0.1) is 0 Å². The Morgan fingerprint density at radius 2 is 1.56 bits per heavy atom. The third-order valence-corrected chi connectivity index (χ3v) is 9.98. The van der Waals surface area contributed by atoms with Crippen LogP contribution in [0.15, 0.2) is 24.3 Å². The molecule has 3 unspecified atom stereocenters. The summed E-state index contributed by atoms with van der Waals surface area (Å²) >= 11 is 0. The van der Waals surface area contributed by atoms with Crippen molar-refractivity contribution in [3.05, 3.63) is 52.1 Å². The van der Waals surface area contributed by atoms with Crippen LogP contribution in [-0.4, -0.2) is 55.5 Å². The molecule has 1 fully saturated rings. The summed E-state index contributed by atoms with van der Waals surface area (Å²) in [5.41, 5.74) is 6.22. The standard InChI is InChI=1S/C35H42N2O8/c1-5-36-35(11-7-6-8-12-35)45-25-16-23(41-2)19-9-10-20-28-22(37-34(40)31(25)30(19)28)15-24-29(20)32(38)21(17-44-24)18-13-26(42-3)33(39)27(14-18)43-4/h13-16,21,32,34,36-40H,5-12,17H2,1-4H3. The van der Waals surface area contributed by atoms with Crippen LogP contribution in [0.5, 0.6) is 34.5 Å². The zero-order valence-electron chi connectivity index (χ0n) is 26.3. The average Bonchev–Trinajstić information content (AvgIpc) is 3.04. The van der Waals surface area contributed by atoms with Gasteiger partial charge in [0, 0.05) is 58.8 Å². The van der Waals surface area contributed by atoms with Crippen LogP contribution in [0, 0.1) is 0 Å². The molecule has 2 aliphatic carbocycles. The minimum absolute atomic E-state index is 0.0931. The third kappa shape index (κ3) is 4.73. The van der Waals surface area contributed by atoms with Crippen LogP contribution in [-0.2, 0) is 12.8 Å². The van der Waals surface area contributed by atoms with E-state index in [9.17, 15) is 15.3 Å². The van der Waals surface area contributed by atoms with Crippen LogP contribution in [0.25, 0.3) is 11.1 Å². The second-order valence-corrected chi connectivity index (χ2v) is 12.4. The maximum atomic E-state index is 12.0. The van der Waals surface area contributed by atoms with Gasteiger partial charge in [0.25, 0.3) is 0 Å². The Morgan fingerprint density at radius 1 is 0.867 bits per heavy atom. The highest BCUT2D eigenvalue weighted by molar-refractivity contribution is 5.93. The predicted octanol–water partition coefficient (Wildman–Crippen LogP) is 5.46. The van der Waals surface area contributed by atoms with E-state index in [2.05, 4.69) is 17.6 Å². The molecule has 0 saturated heterocycles. The molecule has 0 amide bonds. The van der Waals surface area contributed by atoms with Crippen molar-refractivity contribution >= 4 is 5.69 Å². The normalized spacial score (nSPS) is 22.3. The summed E-state index contributed by atoms with van der Waals surface area (Å²) in [7, 11) is 4.63. The van der Waals surface area contributed by atoms with E-state index in [4.69, 9.17) is 23.7 Å². The molecule has 0 bridgehead atoms. The van der Waals surface area contributed by atoms with E-state index < -0.39 is 24.0 Å². The first-order chi connectivity index (χ1) is 21.8. The van der Waals surface area contributed by atoms with Gasteiger partial charge in [0.15, 0.2) is 23.5 Å². The number of anilines is 1. The molecule has 2 heterocycles. The van der Waals surface area contributed by atoms with E-state index >= 15 is 0 Å². The highest BCUT2D eigenvalue weighted by Crippen LogP contribution is 2.58. The third-order valence-electron chi connectivity index (χ3n) is 9.98. The van der Waals surface area contributed by atoms with Crippen LogP contribution in [0.1, 0.15) is 85.1 Å². The molecule has 10 heteroatoms. The van der Waals surface area contributed by atoms with Crippen molar-refractivity contribution in [2.45, 2.75) is 75.8 Å². The van der Waals surface area contributed by atoms with Gasteiger partial charge >= 0.3 is 0 Å². The molecule has 45 heavy (non-hydrogen) atoms. The fourth-order valence-electron chi connectivity index (χ4n) is 7.91. The summed E-state index contributed by atoms with van der Waals surface area (Å²) < 4.78 is 29.9. The molecule has 4 aliphatic rings. The molecule has 2 aliphatic heterocycles. The molecule has 3 aromatic rings. The van der Waals surface area contributed by atoms with Crippen LogP contribution < -0.4 is 34.3 Å². The Kier molecular flexibility index (Phi) is 7.62. The van der Waals surface area contributed by atoms with E-state index in [1.165, 1.54) is 20.6 Å². The van der Waals surface area contributed by atoms with Gasteiger partial charge in [-0.3, -0.25) is 5.32 Å². The number of aliphatic hydroxyl groups is 2. The van der Waals surface area contributed by atoms with Crippen molar-refractivity contribution in [2.24, 2.45) is 0 Å². The van der Waals surface area contributed by atoms with Crippen LogP contribution in [0.2, 0.25) is 0 Å². The maximum Gasteiger partial charge on any atom is 0.200 e. The number of fused-ring (bicyclic) bond motifs is 2. The largest absolute Gasteiger partial charge is 0.502 e. The van der Waals surface area contributed by atoms with Crippen LogP contribution in [0.4, 0.5) is 5.69 Å². The summed E-state index contributed by atoms with van der Waals surface area (Å²) in [5, 5.41) is 41.0. The van der Waals surface area contributed by atoms with Gasteiger partial charge in [0.1, 0.15) is 17.2 Å². The second kappa shape index (κ2) is 11.5. The molecule has 3 atom stereocenters. The minimum atomic E-state index is -1.00. The number of phenolic OH excluding ortho intramolecular Hbond substituents is 1. The van der Waals surface area contributed by atoms with Crippen molar-refractivity contribution in [3.8, 4) is 45.6 Å². The summed E-state index contributed by atoms with van der Waals surface area (Å²) in [4.78, 5) is 0. The first kappa shape index (κ1) is 29.8. The zero-order chi connectivity index (χ0) is 31.5. The number of benzene rings is 3. The topological polar surface area (TPSA) is 131 Å². The molecule has 0 aromatic heterocycles. The Bertz CT molecular complexity index is 1600. The van der Waals surface area contributed by atoms with Gasteiger partial charge < -0.3 is 44.3 Å². The lowest BCUT2D eigenvalue weighted by Crippen LogP contribution is -2.51. The van der Waals surface area contributed by atoms with Crippen LogP contribution >= 0.6 is 0 Å². The first-order valence-corrected chi connectivity index (χ1v) is 15.9. The summed E-state index contributed by atoms with van der Waals surface area (Å²) in [5.74, 6) is 1.91. The number of hydrogen-bond donors (Lipinski definition) is 5. The lowest BCUT2D eigenvalue weighted by molar-refractivity contribution is -0.00334. The average molecular weight is 619 g/mol. The molecular weight excluding hydrogens is 576 g/mol. The van der Waals surface area contributed by atoms with E-state index in [0.717, 1.165) is 77.0 Å². The van der Waals surface area contributed by atoms with E-state index in [0.29, 0.717) is 29.9 Å². The van der Waals surface area contributed by atoms with E-state index in [1.54, 1.807) is 19.2 Å². The van der Waals surface area contributed by atoms with Gasteiger partial charge in [-0.05, 0) is 55.5 Å². The Balaban J connectivity index is 1.37. The van der Waals surface area contributed by atoms with Crippen molar-refractivity contribution in [2.75, 3.05) is 39.8 Å². The molecule has 5 N–H and O–H groups in total. The fourth-order valence-corrected chi connectivity index (χ4v) is 7.91. The molecular formula is C35H42N2O8. The van der Waals surface area contributed by atoms with Crippen molar-refractivity contribution in [1.29, 1.82) is 0 Å². The number of methoxy groups -OCH3 is 3. The molecule has 1 saturated carbocycles. The number of nitrogens with one attached hydrogen (secondary N) is 2. The van der Waals surface area contributed by atoms with Crippen molar-refractivity contribution in [1.82, 2.24) is 5.32 Å². The summed E-state index contributed by atoms with van der Waals surface area (Å²) in [6.07, 6.45) is 4.51. The number of aromatic hydroxyl groups is 1. The quantitative estimate of drug-likeness (QED) is 0.208. The molecule has 0 spiro atoms. The fraction of sp³-hybridized carbons (Fsp3) is 0.486. The van der Waals surface area contributed by atoms with Gasteiger partial charge in [0.05, 0.1) is 39.6 Å². The van der Waals surface area contributed by atoms with Gasteiger partial charge in [-0.2, -0.15) is 0 Å². The molecule has 10 nitrogen and oxygen atoms in total. The monoisotopic (exact) mass is 618 g/mol. The maximum absolute atomic E-state index is 12.0. The zero-order valence-corrected chi connectivity index (χ0v) is 26.3. The lowest BCUT2D eigenvalue weighted by Gasteiger charge is -2.42. The van der Waals surface area contributed by atoms with Gasteiger partial charge in [0.2, 0.25) is 5.75 Å². The molecule has 0 radical (unpaired) electrons. The molecule has 7 rings (SSSR count). The molecule has 3 aromatic carbocycles. The minimum Gasteiger partial charge on any atom is -0.502 e. The Hall–Kier alpha value is -3.86. The smallest absolute Gasteiger partial charge is 0.200 e. The van der Waals surface area contributed by atoms with E-state index in [-0.39, 0.29) is 23.9 Å². The predicted molar refractivity (Wildman–Crippen MR) is 169 cm³/mol. The van der Waals surface area contributed by atoms with Crippen molar-refractivity contribution in [3.63, 3.8) is 0 Å². The summed E-state index contributed by atoms with van der Waals surface area (Å²) in [6, 6.07) is 7.25. The number of ether oxygens (including phenoxy) is 5. The molecule has 240 valence electrons. The van der Waals surface area contributed by atoms with Crippen molar-refractivity contribution < 1.29 is 39.0 Å². The second-order valence-electron chi connectivity index (χ2n) is 12.4. The van der Waals surface area contributed by atoms with Gasteiger partial charge in [-0.1, -0.05) is 13.3 Å². The Labute approximate surface area is 263 Å². The highest BCUT2D eigenvalue weighted by Gasteiger charge is 2.42. The SMILES string of the molecule is CCNC1(Oc2cc(OC)c3c4c2C(O)Nc2cc5c(c(c2-4)CC3)C(O)C(c2cc(OC)c(O)c(OC)c2)CO5)CCCCC1. The Morgan fingerprint density at radius 3 is 2.22 bits per heavy atom. The first-order valence-electron chi connectivity index (χ1n) is 15.9. The highest BCUT2D eigenvalue weighted by atomic mass is 16.5. The number of hydrogen-bond acceptors (Lipinski definition) is 10. The van der Waals surface area contributed by atoms with Gasteiger partial charge in [-0.25, -0.2) is 0 Å². The van der Waals surface area contributed by atoms with E-state index in [1.807, 2.05) is 12.1 Å².